The van der Waals surface area contributed by atoms with E-state index in [9.17, 15) is 19.2 Å². The van der Waals surface area contributed by atoms with Crippen LogP contribution >= 0.6 is 0 Å². The third-order valence-corrected chi connectivity index (χ3v) is 10.3. The van der Waals surface area contributed by atoms with Crippen LogP contribution in [-0.4, -0.2) is 44.9 Å². The van der Waals surface area contributed by atoms with E-state index in [0.29, 0.717) is 25.7 Å². The molecule has 0 atom stereocenters. The van der Waals surface area contributed by atoms with Gasteiger partial charge in [-0.2, -0.15) is 21.0 Å². The van der Waals surface area contributed by atoms with Crippen molar-refractivity contribution in [1.29, 1.82) is 0 Å². The number of hydrogen-bond donors (Lipinski definition) is 4. The Morgan fingerprint density at radius 3 is 0.475 bits per heavy atom. The van der Waals surface area contributed by atoms with Gasteiger partial charge in [0.05, 0.1) is 0 Å². The van der Waals surface area contributed by atoms with Crippen molar-refractivity contribution >= 4 is 23.9 Å². The van der Waals surface area contributed by atoms with Gasteiger partial charge in [0.1, 0.15) is 0 Å². The zero-order chi connectivity index (χ0) is 45.4. The summed E-state index contributed by atoms with van der Waals surface area (Å²) in [6, 6.07) is 0. The summed E-state index contributed by atoms with van der Waals surface area (Å²) in [4.78, 5) is 56.5. The summed E-state index contributed by atoms with van der Waals surface area (Å²) in [5.74, 6) is -2.06. The molecule has 0 rings (SSSR count). The van der Waals surface area contributed by atoms with Crippen LogP contribution in [0.2, 0.25) is 0 Å². The van der Waals surface area contributed by atoms with E-state index in [0.717, 1.165) is 51.4 Å². The monoisotopic (exact) mass is 955 g/mol. The molecule has 0 unspecified atom stereocenters. The van der Waals surface area contributed by atoms with Crippen molar-refractivity contribution in [2.45, 2.75) is 285 Å². The molecule has 0 saturated carbocycles. The van der Waals surface area contributed by atoms with Crippen LogP contribution in [0.25, 0.3) is 0 Å². The van der Waals surface area contributed by atoms with Crippen molar-refractivity contribution < 1.29 is 86.0 Å². The van der Waals surface area contributed by atoms with Crippen LogP contribution in [-0.2, 0) is 64.9 Å². The van der Waals surface area contributed by atoms with Crippen molar-refractivity contribution in [2.24, 2.45) is 0 Å². The van der Waals surface area contributed by atoms with Gasteiger partial charge in [0.25, 0.3) is 0 Å². The van der Waals surface area contributed by atoms with Crippen LogP contribution in [0.1, 0.15) is 285 Å². The molecule has 13 heteroatoms. The molecule has 0 aliphatic rings. The smallest absolute Gasteiger partial charge is 0.301 e. The number of carbonyl (C=O) groups excluding carboxylic acids is 4. The topological polar surface area (TPSA) is 186 Å². The van der Waals surface area contributed by atoms with Crippen LogP contribution in [0.15, 0.2) is 0 Å². The molecule has 4 N–H and O–H groups in total. The van der Waals surface area contributed by atoms with E-state index in [1.54, 1.807) is 0 Å². The van der Waals surface area contributed by atoms with Crippen molar-refractivity contribution in [2.75, 3.05) is 0 Å². The van der Waals surface area contributed by atoms with E-state index in [1.807, 2.05) is 0 Å². The summed E-state index contributed by atoms with van der Waals surface area (Å²) in [6.07, 6.45) is 45.3. The molecule has 0 aliphatic heterocycles. The normalized spacial score (nSPS) is 10.1. The standard InChI is InChI=1S/4C12H24O3.Zr/c4*1-2-3-4-5-6-7-8-9-10-11-12(13)15-14;/h4*14H,2-11H2,1H3;. The van der Waals surface area contributed by atoms with Crippen LogP contribution in [0, 0.1) is 0 Å². The van der Waals surface area contributed by atoms with E-state index >= 15 is 0 Å². The van der Waals surface area contributed by atoms with Gasteiger partial charge in [-0.1, -0.05) is 233 Å². The molecule has 0 aromatic rings. The van der Waals surface area contributed by atoms with E-state index in [-0.39, 0.29) is 26.2 Å². The third kappa shape index (κ3) is 73.3. The largest absolute Gasteiger partial charge is 0.342 e. The SMILES string of the molecule is CCCCCCCCCCCC(=O)OO.CCCCCCCCCCCC(=O)OO.CCCCCCCCCCCC(=O)OO.CCCCCCCCCCCC(=O)OO.[Zr]. The number of unbranched alkanes of at least 4 members (excludes halogenated alkanes) is 32. The summed E-state index contributed by atoms with van der Waals surface area (Å²) >= 11 is 0. The Hall–Kier alpha value is -1.40. The molecule has 0 spiro atoms. The molecule has 0 saturated heterocycles. The molecular weight excluding hydrogens is 860 g/mol. The fraction of sp³-hybridized carbons (Fsp3) is 0.917. The second kappa shape index (κ2) is 65.2. The Balaban J connectivity index is -0.000000227. The number of rotatable bonds is 40. The van der Waals surface area contributed by atoms with Crippen LogP contribution in [0.5, 0.6) is 0 Å². The Morgan fingerprint density at radius 2 is 0.361 bits per heavy atom. The third-order valence-electron chi connectivity index (χ3n) is 10.3. The fourth-order valence-corrected chi connectivity index (χ4v) is 6.50. The summed E-state index contributed by atoms with van der Waals surface area (Å²) in [5, 5.41) is 32.0. The minimum absolute atomic E-state index is 0. The zero-order valence-corrected chi connectivity index (χ0v) is 42.3. The van der Waals surface area contributed by atoms with Gasteiger partial charge in [-0.25, -0.2) is 19.2 Å². The molecule has 0 fully saturated rings. The van der Waals surface area contributed by atoms with Crippen LogP contribution in [0.4, 0.5) is 0 Å². The molecule has 0 aromatic heterocycles. The average Bonchev–Trinajstić information content (AvgIpc) is 3.27. The van der Waals surface area contributed by atoms with Crippen molar-refractivity contribution in [3.05, 3.63) is 0 Å². The molecule has 364 valence electrons. The maximum absolute atomic E-state index is 10.5. The molecule has 61 heavy (non-hydrogen) atoms. The van der Waals surface area contributed by atoms with Crippen molar-refractivity contribution in [3.8, 4) is 0 Å². The number of carbonyl (C=O) groups is 4. The Labute approximate surface area is 392 Å². The maximum Gasteiger partial charge on any atom is 0.342 e. The fourth-order valence-electron chi connectivity index (χ4n) is 6.50. The van der Waals surface area contributed by atoms with Gasteiger partial charge >= 0.3 is 23.9 Å². The molecule has 0 heterocycles. The second-order valence-corrected chi connectivity index (χ2v) is 16.2. The van der Waals surface area contributed by atoms with Gasteiger partial charge < -0.3 is 19.6 Å². The first-order valence-electron chi connectivity index (χ1n) is 24.6. The first kappa shape index (κ1) is 68.7. The Kier molecular flexibility index (Phi) is 73.4. The van der Waals surface area contributed by atoms with Gasteiger partial charge in [0, 0.05) is 51.9 Å². The zero-order valence-electron chi connectivity index (χ0n) is 39.8. The molecule has 0 aliphatic carbocycles. The van der Waals surface area contributed by atoms with E-state index in [1.165, 1.54) is 180 Å². The van der Waals surface area contributed by atoms with E-state index < -0.39 is 23.9 Å². The predicted octanol–water partition coefficient (Wildman–Crippen LogP) is 15.7. The van der Waals surface area contributed by atoms with E-state index in [2.05, 4.69) is 47.2 Å². The second-order valence-electron chi connectivity index (χ2n) is 16.2. The van der Waals surface area contributed by atoms with Gasteiger partial charge in [-0.05, 0) is 25.7 Å². The van der Waals surface area contributed by atoms with E-state index in [4.69, 9.17) is 21.0 Å². The maximum atomic E-state index is 10.5. The first-order chi connectivity index (χ1) is 29.2. The minimum Gasteiger partial charge on any atom is -0.301 e. The van der Waals surface area contributed by atoms with Gasteiger partial charge in [-0.3, -0.25) is 0 Å². The van der Waals surface area contributed by atoms with Crippen LogP contribution in [0.3, 0.4) is 0 Å². The van der Waals surface area contributed by atoms with Gasteiger partial charge in [0.2, 0.25) is 0 Å². The molecule has 0 amide bonds. The number of hydrogen-bond acceptors (Lipinski definition) is 12. The predicted molar refractivity (Wildman–Crippen MR) is 242 cm³/mol. The van der Waals surface area contributed by atoms with Gasteiger partial charge in [0.15, 0.2) is 0 Å². The first-order valence-corrected chi connectivity index (χ1v) is 24.6. The average molecular weight is 957 g/mol. The Morgan fingerprint density at radius 1 is 0.246 bits per heavy atom. The van der Waals surface area contributed by atoms with Gasteiger partial charge in [-0.15, -0.1) is 0 Å². The van der Waals surface area contributed by atoms with Crippen molar-refractivity contribution in [1.82, 2.24) is 0 Å². The summed E-state index contributed by atoms with van der Waals surface area (Å²) in [7, 11) is 0. The quantitative estimate of drug-likeness (QED) is 0.0197. The summed E-state index contributed by atoms with van der Waals surface area (Å²) < 4.78 is 0. The summed E-state index contributed by atoms with van der Waals surface area (Å²) in [6.45, 7) is 8.89. The summed E-state index contributed by atoms with van der Waals surface area (Å²) in [5.41, 5.74) is 0. The molecule has 0 radical (unpaired) electrons. The molecule has 0 bridgehead atoms. The molecule has 0 aromatic carbocycles. The molecule has 12 nitrogen and oxygen atoms in total. The minimum atomic E-state index is -0.516. The molecular formula is C48H96O12Zr. The van der Waals surface area contributed by atoms with Crippen LogP contribution < -0.4 is 0 Å². The Bertz CT molecular complexity index is 727. The van der Waals surface area contributed by atoms with Crippen molar-refractivity contribution in [3.63, 3.8) is 0 Å².